The molecule has 88 valence electrons. The van der Waals surface area contributed by atoms with Crippen LogP contribution in [-0.4, -0.2) is 13.0 Å². The van der Waals surface area contributed by atoms with Crippen LogP contribution in [0.4, 0.5) is 5.69 Å². The topological polar surface area (TPSA) is 20.3 Å². The van der Waals surface area contributed by atoms with Crippen LogP contribution in [-0.2, 0) is 4.79 Å². The summed E-state index contributed by atoms with van der Waals surface area (Å²) in [5, 5.41) is 0. The molecule has 0 fully saturated rings. The lowest BCUT2D eigenvalue weighted by Gasteiger charge is -2.07. The third-order valence-electron chi connectivity index (χ3n) is 3.20. The predicted molar refractivity (Wildman–Crippen MR) is 74.2 cm³/mol. The van der Waals surface area contributed by atoms with E-state index in [-0.39, 0.29) is 5.91 Å². The second-order valence-electron chi connectivity index (χ2n) is 4.35. The number of benzene rings is 2. The van der Waals surface area contributed by atoms with Gasteiger partial charge >= 0.3 is 0 Å². The summed E-state index contributed by atoms with van der Waals surface area (Å²) in [5.74, 6) is 0.0556. The molecule has 1 aliphatic heterocycles. The van der Waals surface area contributed by atoms with Crippen molar-refractivity contribution in [3.63, 3.8) is 0 Å². The summed E-state index contributed by atoms with van der Waals surface area (Å²) in [7, 11) is 1.81. The summed E-state index contributed by atoms with van der Waals surface area (Å²) in [6, 6.07) is 17.8. The number of amides is 1. The first-order valence-electron chi connectivity index (χ1n) is 5.91. The average molecular weight is 235 g/mol. The summed E-state index contributed by atoms with van der Waals surface area (Å²) < 4.78 is 0. The fourth-order valence-corrected chi connectivity index (χ4v) is 2.25. The highest BCUT2D eigenvalue weighted by Gasteiger charge is 2.28. The average Bonchev–Trinajstić information content (AvgIpc) is 2.66. The minimum Gasteiger partial charge on any atom is -0.311 e. The lowest BCUT2D eigenvalue weighted by molar-refractivity contribution is -0.112. The summed E-state index contributed by atoms with van der Waals surface area (Å²) in [6.07, 6.45) is 1.95. The summed E-state index contributed by atoms with van der Waals surface area (Å²) >= 11 is 0. The third-order valence-corrected chi connectivity index (χ3v) is 3.20. The first kappa shape index (κ1) is 10.8. The SMILES string of the molecule is CN1C(=O)/C(=C\c2ccccc2)c2ccccc21. The van der Waals surface area contributed by atoms with E-state index in [1.807, 2.05) is 67.7 Å². The lowest BCUT2D eigenvalue weighted by Crippen LogP contribution is -2.20. The van der Waals surface area contributed by atoms with Crippen LogP contribution in [0.1, 0.15) is 11.1 Å². The van der Waals surface area contributed by atoms with Gasteiger partial charge in [0.1, 0.15) is 0 Å². The molecule has 2 nitrogen and oxygen atoms in total. The Morgan fingerprint density at radius 2 is 1.61 bits per heavy atom. The molecule has 2 aromatic carbocycles. The van der Waals surface area contributed by atoms with E-state index in [0.29, 0.717) is 0 Å². The lowest BCUT2D eigenvalue weighted by atomic mass is 10.0. The molecular weight excluding hydrogens is 222 g/mol. The molecule has 0 atom stereocenters. The largest absolute Gasteiger partial charge is 0.311 e. The van der Waals surface area contributed by atoms with Gasteiger partial charge in [0.05, 0.1) is 5.69 Å². The van der Waals surface area contributed by atoms with Gasteiger partial charge in [0, 0.05) is 18.2 Å². The van der Waals surface area contributed by atoms with Crippen molar-refractivity contribution < 1.29 is 4.79 Å². The number of rotatable bonds is 1. The molecule has 1 aliphatic rings. The van der Waals surface area contributed by atoms with Crippen LogP contribution in [0.15, 0.2) is 54.6 Å². The molecular formula is C16H13NO. The Bertz CT molecular complexity index is 629. The van der Waals surface area contributed by atoms with Crippen molar-refractivity contribution >= 4 is 23.2 Å². The minimum absolute atomic E-state index is 0.0556. The molecule has 0 radical (unpaired) electrons. The van der Waals surface area contributed by atoms with Gasteiger partial charge < -0.3 is 4.90 Å². The second kappa shape index (κ2) is 4.15. The fraction of sp³-hybridized carbons (Fsp3) is 0.0625. The van der Waals surface area contributed by atoms with Gasteiger partial charge in [0.15, 0.2) is 0 Å². The van der Waals surface area contributed by atoms with Gasteiger partial charge in [-0.1, -0.05) is 48.5 Å². The zero-order chi connectivity index (χ0) is 12.5. The normalized spacial score (nSPS) is 16.2. The Kier molecular flexibility index (Phi) is 2.49. The van der Waals surface area contributed by atoms with E-state index in [9.17, 15) is 4.79 Å². The van der Waals surface area contributed by atoms with Crippen molar-refractivity contribution in [1.29, 1.82) is 0 Å². The van der Waals surface area contributed by atoms with Crippen LogP contribution in [0.5, 0.6) is 0 Å². The number of likely N-dealkylation sites (N-methyl/N-ethyl adjacent to an activating group) is 1. The molecule has 0 N–H and O–H groups in total. The van der Waals surface area contributed by atoms with Crippen molar-refractivity contribution in [2.24, 2.45) is 0 Å². The number of hydrogen-bond donors (Lipinski definition) is 0. The van der Waals surface area contributed by atoms with E-state index < -0.39 is 0 Å². The van der Waals surface area contributed by atoms with Crippen LogP contribution in [0.25, 0.3) is 11.6 Å². The van der Waals surface area contributed by atoms with Gasteiger partial charge in [-0.3, -0.25) is 4.79 Å². The van der Waals surface area contributed by atoms with Crippen LogP contribution >= 0.6 is 0 Å². The van der Waals surface area contributed by atoms with E-state index in [1.54, 1.807) is 4.90 Å². The van der Waals surface area contributed by atoms with Crippen LogP contribution in [0, 0.1) is 0 Å². The van der Waals surface area contributed by atoms with E-state index in [1.165, 1.54) is 0 Å². The first-order valence-corrected chi connectivity index (χ1v) is 5.91. The first-order chi connectivity index (χ1) is 8.77. The van der Waals surface area contributed by atoms with Gasteiger partial charge in [-0.25, -0.2) is 0 Å². The van der Waals surface area contributed by atoms with E-state index in [0.717, 1.165) is 22.4 Å². The highest BCUT2D eigenvalue weighted by Crippen LogP contribution is 2.36. The minimum atomic E-state index is 0.0556. The quantitative estimate of drug-likeness (QED) is 0.695. The Morgan fingerprint density at radius 3 is 2.39 bits per heavy atom. The van der Waals surface area contributed by atoms with Crippen LogP contribution in [0.3, 0.4) is 0 Å². The van der Waals surface area contributed by atoms with Crippen LogP contribution in [0.2, 0.25) is 0 Å². The molecule has 3 rings (SSSR count). The van der Waals surface area contributed by atoms with Gasteiger partial charge in [-0.15, -0.1) is 0 Å². The molecule has 0 saturated heterocycles. The number of hydrogen-bond acceptors (Lipinski definition) is 1. The molecule has 0 spiro atoms. The molecule has 18 heavy (non-hydrogen) atoms. The number of fused-ring (bicyclic) bond motifs is 1. The molecule has 1 heterocycles. The van der Waals surface area contributed by atoms with Gasteiger partial charge in [-0.2, -0.15) is 0 Å². The monoisotopic (exact) mass is 235 g/mol. The fourth-order valence-electron chi connectivity index (χ4n) is 2.25. The maximum absolute atomic E-state index is 12.2. The van der Waals surface area contributed by atoms with E-state index in [4.69, 9.17) is 0 Å². The van der Waals surface area contributed by atoms with Gasteiger partial charge in [0.2, 0.25) is 0 Å². The van der Waals surface area contributed by atoms with E-state index in [2.05, 4.69) is 0 Å². The van der Waals surface area contributed by atoms with Gasteiger partial charge in [0.25, 0.3) is 5.91 Å². The Balaban J connectivity index is 2.14. The second-order valence-corrected chi connectivity index (χ2v) is 4.35. The third kappa shape index (κ3) is 1.63. The zero-order valence-electron chi connectivity index (χ0n) is 10.1. The molecule has 1 amide bonds. The summed E-state index contributed by atoms with van der Waals surface area (Å²) in [4.78, 5) is 13.9. The number of nitrogens with zero attached hydrogens (tertiary/aromatic N) is 1. The van der Waals surface area contributed by atoms with Crippen LogP contribution < -0.4 is 4.90 Å². The molecule has 0 bridgehead atoms. The van der Waals surface area contributed by atoms with Crippen molar-refractivity contribution in [3.05, 3.63) is 65.7 Å². The maximum atomic E-state index is 12.2. The summed E-state index contributed by atoms with van der Waals surface area (Å²) in [5.41, 5.74) is 3.80. The van der Waals surface area contributed by atoms with Gasteiger partial charge in [-0.05, 0) is 17.7 Å². The van der Waals surface area contributed by atoms with Crippen molar-refractivity contribution in [1.82, 2.24) is 0 Å². The molecule has 0 aromatic heterocycles. The Morgan fingerprint density at radius 1 is 0.944 bits per heavy atom. The van der Waals surface area contributed by atoms with E-state index >= 15 is 0 Å². The Labute approximate surface area is 106 Å². The zero-order valence-corrected chi connectivity index (χ0v) is 10.1. The molecule has 2 aromatic rings. The van der Waals surface area contributed by atoms with Crippen molar-refractivity contribution in [3.8, 4) is 0 Å². The summed E-state index contributed by atoms with van der Waals surface area (Å²) in [6.45, 7) is 0. The maximum Gasteiger partial charge on any atom is 0.258 e. The number of carbonyl (C=O) groups excluding carboxylic acids is 1. The van der Waals surface area contributed by atoms with Crippen molar-refractivity contribution in [2.75, 3.05) is 11.9 Å². The van der Waals surface area contributed by atoms with Crippen molar-refractivity contribution in [2.45, 2.75) is 0 Å². The molecule has 0 saturated carbocycles. The Hall–Kier alpha value is -2.35. The highest BCUT2D eigenvalue weighted by molar-refractivity contribution is 6.35. The molecule has 0 unspecified atom stereocenters. The highest BCUT2D eigenvalue weighted by atomic mass is 16.2. The molecule has 0 aliphatic carbocycles. The predicted octanol–water partition coefficient (Wildman–Crippen LogP) is 3.20. The smallest absolute Gasteiger partial charge is 0.258 e. The number of anilines is 1. The standard InChI is InChI=1S/C16H13NO/c1-17-15-10-6-5-9-13(15)14(16(17)18)11-12-7-3-2-4-8-12/h2-11H,1H3/b14-11-. The molecule has 2 heteroatoms. The number of para-hydroxylation sites is 1. The number of carbonyl (C=O) groups is 1.